The van der Waals surface area contributed by atoms with E-state index >= 15 is 0 Å². The predicted octanol–water partition coefficient (Wildman–Crippen LogP) is 0.977. The van der Waals surface area contributed by atoms with Crippen LogP contribution in [0, 0.1) is 18.3 Å². The lowest BCUT2D eigenvalue weighted by Gasteiger charge is -2.02. The van der Waals surface area contributed by atoms with E-state index in [-0.39, 0.29) is 12.4 Å². The fourth-order valence-corrected chi connectivity index (χ4v) is 1.06. The second kappa shape index (κ2) is 4.38. The number of hydrogen-bond acceptors (Lipinski definition) is 4. The molecule has 4 heteroatoms. The molecule has 14 heavy (non-hydrogen) atoms. The van der Waals surface area contributed by atoms with Gasteiger partial charge in [-0.05, 0) is 18.6 Å². The fraction of sp³-hybridized carbons (Fsp3) is 0.300. The zero-order valence-electron chi connectivity index (χ0n) is 8.07. The van der Waals surface area contributed by atoms with Gasteiger partial charge in [-0.15, -0.1) is 0 Å². The maximum atomic E-state index is 11.0. The average molecular weight is 190 g/mol. The van der Waals surface area contributed by atoms with Crippen LogP contribution in [0.5, 0.6) is 0 Å². The number of esters is 1. The Hall–Kier alpha value is -1.89. The summed E-state index contributed by atoms with van der Waals surface area (Å²) in [5.74, 6) is -0.368. The lowest BCUT2D eigenvalue weighted by atomic mass is 10.1. The van der Waals surface area contributed by atoms with Crippen LogP contribution < -0.4 is 0 Å². The molecule has 72 valence electrons. The molecule has 1 aromatic heterocycles. The first-order valence-electron chi connectivity index (χ1n) is 4.10. The van der Waals surface area contributed by atoms with E-state index in [4.69, 9.17) is 5.26 Å². The van der Waals surface area contributed by atoms with Crippen LogP contribution >= 0.6 is 0 Å². The molecule has 1 aromatic rings. The molecule has 0 aliphatic heterocycles. The van der Waals surface area contributed by atoms with E-state index in [1.54, 1.807) is 13.0 Å². The molecule has 0 saturated heterocycles. The largest absolute Gasteiger partial charge is 0.469 e. The highest BCUT2D eigenvalue weighted by Crippen LogP contribution is 2.09. The van der Waals surface area contributed by atoms with Crippen LogP contribution in [-0.4, -0.2) is 18.1 Å². The van der Waals surface area contributed by atoms with Crippen molar-refractivity contribution in [3.05, 3.63) is 29.1 Å². The van der Waals surface area contributed by atoms with Gasteiger partial charge < -0.3 is 4.74 Å². The third-order valence-electron chi connectivity index (χ3n) is 1.81. The van der Waals surface area contributed by atoms with Crippen molar-refractivity contribution in [1.82, 2.24) is 4.98 Å². The molecular weight excluding hydrogens is 180 g/mol. The first-order chi connectivity index (χ1) is 6.67. The Morgan fingerprint density at radius 2 is 2.43 bits per heavy atom. The van der Waals surface area contributed by atoms with Gasteiger partial charge in [0.2, 0.25) is 0 Å². The Kier molecular flexibility index (Phi) is 3.19. The number of ether oxygens (including phenoxy) is 1. The van der Waals surface area contributed by atoms with Crippen molar-refractivity contribution in [2.24, 2.45) is 0 Å². The predicted molar refractivity (Wildman–Crippen MR) is 49.4 cm³/mol. The number of rotatable bonds is 2. The molecule has 0 amide bonds. The number of carbonyl (C=O) groups is 1. The van der Waals surface area contributed by atoms with Crippen molar-refractivity contribution in [3.8, 4) is 6.07 Å². The Morgan fingerprint density at radius 1 is 1.71 bits per heavy atom. The van der Waals surface area contributed by atoms with E-state index in [1.807, 2.05) is 6.07 Å². The molecule has 0 spiro atoms. The van der Waals surface area contributed by atoms with Crippen LogP contribution in [0.1, 0.15) is 16.8 Å². The second-order valence-corrected chi connectivity index (χ2v) is 2.85. The molecule has 0 aliphatic carbocycles. The average Bonchev–Trinajstić information content (AvgIpc) is 2.20. The van der Waals surface area contributed by atoms with Gasteiger partial charge in [0.1, 0.15) is 0 Å². The third-order valence-corrected chi connectivity index (χ3v) is 1.81. The molecule has 1 rings (SSSR count). The summed E-state index contributed by atoms with van der Waals surface area (Å²) in [5.41, 5.74) is 1.84. The van der Waals surface area contributed by atoms with Gasteiger partial charge in [0.25, 0.3) is 0 Å². The van der Waals surface area contributed by atoms with Gasteiger partial charge in [-0.2, -0.15) is 5.26 Å². The molecule has 0 aliphatic rings. The number of aryl methyl sites for hydroxylation is 1. The molecule has 0 fully saturated rings. The highest BCUT2D eigenvalue weighted by molar-refractivity contribution is 5.73. The van der Waals surface area contributed by atoms with Crippen LogP contribution in [0.2, 0.25) is 0 Å². The summed E-state index contributed by atoms with van der Waals surface area (Å²) in [6, 6.07) is 3.67. The Bertz CT molecular complexity index is 394. The summed E-state index contributed by atoms with van der Waals surface area (Å²) < 4.78 is 4.51. The number of carbonyl (C=O) groups excluding carboxylic acids is 1. The molecular formula is C10H10N2O2. The first kappa shape index (κ1) is 10.2. The van der Waals surface area contributed by atoms with Crippen molar-refractivity contribution >= 4 is 5.97 Å². The fourth-order valence-electron chi connectivity index (χ4n) is 1.06. The maximum absolute atomic E-state index is 11.0. The summed E-state index contributed by atoms with van der Waals surface area (Å²) in [7, 11) is 1.32. The zero-order chi connectivity index (χ0) is 10.6. The Morgan fingerprint density at radius 3 is 3.00 bits per heavy atom. The van der Waals surface area contributed by atoms with Crippen LogP contribution in [0.3, 0.4) is 0 Å². The van der Waals surface area contributed by atoms with Gasteiger partial charge in [-0.25, -0.2) is 0 Å². The van der Waals surface area contributed by atoms with E-state index in [1.165, 1.54) is 13.3 Å². The molecule has 0 atom stereocenters. The maximum Gasteiger partial charge on any atom is 0.310 e. The highest BCUT2D eigenvalue weighted by Gasteiger charge is 2.08. The minimum Gasteiger partial charge on any atom is -0.469 e. The lowest BCUT2D eigenvalue weighted by molar-refractivity contribution is -0.139. The van der Waals surface area contributed by atoms with Crippen LogP contribution in [-0.2, 0) is 16.0 Å². The number of nitriles is 1. The zero-order valence-corrected chi connectivity index (χ0v) is 8.07. The molecule has 4 nitrogen and oxygen atoms in total. The van der Waals surface area contributed by atoms with E-state index < -0.39 is 0 Å². The van der Waals surface area contributed by atoms with Crippen molar-refractivity contribution in [1.29, 1.82) is 5.26 Å². The normalized spacial score (nSPS) is 9.21. The van der Waals surface area contributed by atoms with E-state index in [0.29, 0.717) is 11.1 Å². The van der Waals surface area contributed by atoms with Crippen molar-refractivity contribution in [2.45, 2.75) is 13.3 Å². The molecule has 0 saturated carbocycles. The van der Waals surface area contributed by atoms with E-state index in [9.17, 15) is 4.79 Å². The number of methoxy groups -OCH3 is 1. The van der Waals surface area contributed by atoms with Gasteiger partial charge in [0, 0.05) is 11.9 Å². The molecule has 0 unspecified atom stereocenters. The first-order valence-corrected chi connectivity index (χ1v) is 4.10. The Balaban J connectivity index is 2.98. The number of hydrogen-bond donors (Lipinski definition) is 0. The van der Waals surface area contributed by atoms with E-state index in [2.05, 4.69) is 9.72 Å². The van der Waals surface area contributed by atoms with Crippen molar-refractivity contribution in [3.63, 3.8) is 0 Å². The van der Waals surface area contributed by atoms with Crippen LogP contribution in [0.25, 0.3) is 0 Å². The van der Waals surface area contributed by atoms with Crippen molar-refractivity contribution in [2.75, 3.05) is 7.11 Å². The molecule has 0 bridgehead atoms. The highest BCUT2D eigenvalue weighted by atomic mass is 16.5. The van der Waals surface area contributed by atoms with Gasteiger partial charge >= 0.3 is 5.97 Å². The van der Waals surface area contributed by atoms with Gasteiger partial charge in [-0.1, -0.05) is 0 Å². The number of pyridine rings is 1. The molecule has 0 radical (unpaired) electrons. The van der Waals surface area contributed by atoms with E-state index in [0.717, 1.165) is 5.69 Å². The summed E-state index contributed by atoms with van der Waals surface area (Å²) in [6.45, 7) is 1.79. The van der Waals surface area contributed by atoms with Crippen molar-refractivity contribution < 1.29 is 9.53 Å². The summed E-state index contributed by atoms with van der Waals surface area (Å²) >= 11 is 0. The smallest absolute Gasteiger partial charge is 0.310 e. The van der Waals surface area contributed by atoms with Crippen LogP contribution in [0.15, 0.2) is 12.3 Å². The summed E-state index contributed by atoms with van der Waals surface area (Å²) in [6.07, 6.45) is 1.62. The molecule has 0 N–H and O–H groups in total. The Labute approximate surface area is 82.1 Å². The summed E-state index contributed by atoms with van der Waals surface area (Å²) in [4.78, 5) is 15.0. The number of nitrogens with zero attached hydrogens (tertiary/aromatic N) is 2. The second-order valence-electron chi connectivity index (χ2n) is 2.85. The van der Waals surface area contributed by atoms with Gasteiger partial charge in [0.05, 0.1) is 25.2 Å². The standard InChI is InChI=1S/C10H10N2O2/c1-7-3-8(5-11)9(6-12-7)4-10(13)14-2/h3,6H,4H2,1-2H3. The lowest BCUT2D eigenvalue weighted by Crippen LogP contribution is -2.06. The summed E-state index contributed by atoms with van der Waals surface area (Å²) in [5, 5.41) is 8.80. The quantitative estimate of drug-likeness (QED) is 0.652. The van der Waals surface area contributed by atoms with Gasteiger partial charge in [-0.3, -0.25) is 9.78 Å². The third kappa shape index (κ3) is 2.30. The van der Waals surface area contributed by atoms with Crippen LogP contribution in [0.4, 0.5) is 0 Å². The minimum absolute atomic E-state index is 0.0900. The molecule has 0 aromatic carbocycles. The minimum atomic E-state index is -0.368. The molecule has 1 heterocycles. The monoisotopic (exact) mass is 190 g/mol. The topological polar surface area (TPSA) is 63.0 Å². The SMILES string of the molecule is COC(=O)Cc1cnc(C)cc1C#N. The number of aromatic nitrogens is 1. The van der Waals surface area contributed by atoms with Gasteiger partial charge in [0.15, 0.2) is 0 Å².